The van der Waals surface area contributed by atoms with Gasteiger partial charge < -0.3 is 28.8 Å². The second-order valence-corrected chi connectivity index (χ2v) is 17.0. The van der Waals surface area contributed by atoms with Gasteiger partial charge in [-0.05, 0) is 33.6 Å². The first-order valence-electron chi connectivity index (χ1n) is 12.7. The molecule has 4 atom stereocenters. The SMILES string of the molecule is COc1cc(OC)c(C(=O)OC[Si](C)(C)C)c(/C=C/C[C@H]2OC(C)(C)O[C@@H]2C(C)/C=C\C[C@@H](C)O)c1Cl. The summed E-state index contributed by atoms with van der Waals surface area (Å²) in [6.45, 7) is 14.0. The molecule has 37 heavy (non-hydrogen) atoms. The summed E-state index contributed by atoms with van der Waals surface area (Å²) >= 11 is 6.66. The Hall–Kier alpha value is -1.84. The third-order valence-corrected chi connectivity index (χ3v) is 7.22. The van der Waals surface area contributed by atoms with Gasteiger partial charge in [0, 0.05) is 17.5 Å². The molecule has 0 aliphatic carbocycles. The van der Waals surface area contributed by atoms with Crippen LogP contribution < -0.4 is 9.47 Å². The number of aliphatic hydroxyl groups excluding tert-OH is 1. The van der Waals surface area contributed by atoms with E-state index in [4.69, 9.17) is 35.3 Å². The normalized spacial score (nSPS) is 21.4. The Morgan fingerprint density at radius 2 is 1.81 bits per heavy atom. The second-order valence-electron chi connectivity index (χ2n) is 11.2. The molecule has 0 saturated carbocycles. The van der Waals surface area contributed by atoms with E-state index < -0.39 is 25.9 Å². The standard InChI is InChI=1S/C28H43ClO7Si/c1-18(12-10-13-19(2)30)26-21(35-28(3,4)36-26)15-11-14-20-24(27(31)34-17-37(7,8)9)22(32-5)16-23(33-6)25(20)29/h10-12,14,16,18-19,21,26,30H,13,15,17H2,1-9H3/b12-10-,14-11+/t18?,19-,21-,26-/m1/s1. The van der Waals surface area contributed by atoms with Gasteiger partial charge in [-0.2, -0.15) is 0 Å². The Morgan fingerprint density at radius 3 is 2.38 bits per heavy atom. The molecule has 1 aliphatic heterocycles. The Labute approximate surface area is 227 Å². The zero-order valence-electron chi connectivity index (χ0n) is 23.6. The quantitative estimate of drug-likeness (QED) is 0.185. The Balaban J connectivity index is 2.35. The third kappa shape index (κ3) is 9.14. The summed E-state index contributed by atoms with van der Waals surface area (Å²) in [5, 5.41) is 9.85. The van der Waals surface area contributed by atoms with Crippen molar-refractivity contribution in [2.75, 3.05) is 20.4 Å². The first-order chi connectivity index (χ1) is 17.2. The molecule has 1 N–H and O–H groups in total. The molecule has 0 spiro atoms. The van der Waals surface area contributed by atoms with Crippen molar-refractivity contribution < 1.29 is 33.6 Å². The minimum atomic E-state index is -1.63. The van der Waals surface area contributed by atoms with Gasteiger partial charge in [-0.25, -0.2) is 4.79 Å². The molecule has 1 aromatic carbocycles. The van der Waals surface area contributed by atoms with E-state index in [1.807, 2.05) is 26.0 Å². The summed E-state index contributed by atoms with van der Waals surface area (Å²) in [6.07, 6.45) is 8.44. The van der Waals surface area contributed by atoms with Crippen LogP contribution in [-0.2, 0) is 14.2 Å². The predicted molar refractivity (Wildman–Crippen MR) is 150 cm³/mol. The second kappa shape index (κ2) is 13.3. The number of methoxy groups -OCH3 is 2. The number of aliphatic hydroxyl groups is 1. The summed E-state index contributed by atoms with van der Waals surface area (Å²) in [5.74, 6) is -0.404. The van der Waals surface area contributed by atoms with Crippen LogP contribution in [0, 0.1) is 5.92 Å². The number of ether oxygens (including phenoxy) is 5. The fourth-order valence-corrected chi connectivity index (χ4v) is 4.92. The topological polar surface area (TPSA) is 83.5 Å². The van der Waals surface area contributed by atoms with Crippen LogP contribution in [0.4, 0.5) is 0 Å². The molecule has 0 amide bonds. The number of hydrogen-bond donors (Lipinski definition) is 1. The van der Waals surface area contributed by atoms with Crippen LogP contribution >= 0.6 is 11.6 Å². The van der Waals surface area contributed by atoms with Crippen LogP contribution in [0.1, 0.15) is 56.5 Å². The van der Waals surface area contributed by atoms with Crippen molar-refractivity contribution in [3.8, 4) is 11.5 Å². The zero-order valence-corrected chi connectivity index (χ0v) is 25.3. The van der Waals surface area contributed by atoms with Crippen LogP contribution in [0.25, 0.3) is 6.08 Å². The Bertz CT molecular complexity index is 982. The highest BCUT2D eigenvalue weighted by atomic mass is 35.5. The molecule has 0 bridgehead atoms. The van der Waals surface area contributed by atoms with Crippen LogP contribution in [0.3, 0.4) is 0 Å². The van der Waals surface area contributed by atoms with Gasteiger partial charge >= 0.3 is 5.97 Å². The monoisotopic (exact) mass is 554 g/mol. The molecule has 1 saturated heterocycles. The van der Waals surface area contributed by atoms with Crippen molar-refractivity contribution in [3.63, 3.8) is 0 Å². The molecule has 0 radical (unpaired) electrons. The number of benzene rings is 1. The van der Waals surface area contributed by atoms with Gasteiger partial charge in [-0.15, -0.1) is 0 Å². The maximum Gasteiger partial charge on any atom is 0.342 e. The summed E-state index contributed by atoms with van der Waals surface area (Å²) in [7, 11) is 1.38. The summed E-state index contributed by atoms with van der Waals surface area (Å²) in [4.78, 5) is 13.2. The summed E-state index contributed by atoms with van der Waals surface area (Å²) in [6, 6.07) is 1.60. The average molecular weight is 555 g/mol. The lowest BCUT2D eigenvalue weighted by atomic mass is 9.96. The van der Waals surface area contributed by atoms with E-state index in [9.17, 15) is 9.90 Å². The lowest BCUT2D eigenvalue weighted by Gasteiger charge is -2.21. The van der Waals surface area contributed by atoms with Gasteiger partial charge in [0.15, 0.2) is 5.79 Å². The maximum atomic E-state index is 13.2. The molecule has 9 heteroatoms. The van der Waals surface area contributed by atoms with Crippen molar-refractivity contribution in [1.29, 1.82) is 0 Å². The summed E-state index contributed by atoms with van der Waals surface area (Å²) in [5.41, 5.74) is 0.732. The van der Waals surface area contributed by atoms with Gasteiger partial charge in [0.2, 0.25) is 0 Å². The highest BCUT2D eigenvalue weighted by molar-refractivity contribution is 6.76. The number of carbonyl (C=O) groups excluding carboxylic acids is 1. The van der Waals surface area contributed by atoms with Crippen molar-refractivity contribution in [1.82, 2.24) is 0 Å². The van der Waals surface area contributed by atoms with Crippen molar-refractivity contribution in [2.45, 2.75) is 84.3 Å². The largest absolute Gasteiger partial charge is 0.496 e. The van der Waals surface area contributed by atoms with E-state index in [2.05, 4.69) is 32.6 Å². The molecular weight excluding hydrogens is 512 g/mol. The average Bonchev–Trinajstić information content (AvgIpc) is 3.11. The maximum absolute atomic E-state index is 13.2. The minimum absolute atomic E-state index is 0.0755. The zero-order chi connectivity index (χ0) is 28.0. The Kier molecular flexibility index (Phi) is 11.3. The van der Waals surface area contributed by atoms with Crippen molar-refractivity contribution in [3.05, 3.63) is 40.4 Å². The van der Waals surface area contributed by atoms with E-state index >= 15 is 0 Å². The molecule has 7 nitrogen and oxygen atoms in total. The van der Waals surface area contributed by atoms with Gasteiger partial charge in [0.25, 0.3) is 0 Å². The van der Waals surface area contributed by atoms with Gasteiger partial charge in [-0.3, -0.25) is 0 Å². The highest BCUT2D eigenvalue weighted by Crippen LogP contribution is 2.39. The van der Waals surface area contributed by atoms with E-state index in [1.165, 1.54) is 14.2 Å². The van der Waals surface area contributed by atoms with Crippen LogP contribution in [0.15, 0.2) is 24.3 Å². The number of hydrogen-bond acceptors (Lipinski definition) is 7. The molecule has 1 unspecified atom stereocenters. The molecule has 1 fully saturated rings. The lowest BCUT2D eigenvalue weighted by molar-refractivity contribution is -0.148. The smallest absolute Gasteiger partial charge is 0.342 e. The van der Waals surface area contributed by atoms with E-state index in [0.717, 1.165) is 0 Å². The van der Waals surface area contributed by atoms with E-state index in [0.29, 0.717) is 41.2 Å². The van der Waals surface area contributed by atoms with Crippen LogP contribution in [0.5, 0.6) is 11.5 Å². The highest BCUT2D eigenvalue weighted by Gasteiger charge is 2.42. The first-order valence-corrected chi connectivity index (χ1v) is 16.8. The Morgan fingerprint density at radius 1 is 1.16 bits per heavy atom. The minimum Gasteiger partial charge on any atom is -0.496 e. The molecule has 208 valence electrons. The van der Waals surface area contributed by atoms with Gasteiger partial charge in [0.1, 0.15) is 17.1 Å². The molecule has 1 aromatic rings. The third-order valence-electron chi connectivity index (χ3n) is 5.82. The fourth-order valence-electron chi connectivity index (χ4n) is 4.07. The van der Waals surface area contributed by atoms with E-state index in [1.54, 1.807) is 19.1 Å². The lowest BCUT2D eigenvalue weighted by Crippen LogP contribution is -2.30. The number of halogens is 1. The van der Waals surface area contributed by atoms with Gasteiger partial charge in [-0.1, -0.05) is 62.5 Å². The predicted octanol–water partition coefficient (Wildman–Crippen LogP) is 6.28. The molecule has 1 aliphatic rings. The molecule has 0 aromatic heterocycles. The van der Waals surface area contributed by atoms with Crippen molar-refractivity contribution >= 4 is 31.7 Å². The van der Waals surface area contributed by atoms with Crippen LogP contribution in [-0.4, -0.2) is 63.7 Å². The molecular formula is C28H43ClO7Si. The molecule has 2 rings (SSSR count). The molecule has 1 heterocycles. The fraction of sp³-hybridized carbons (Fsp3) is 0.607. The first kappa shape index (κ1) is 31.4. The van der Waals surface area contributed by atoms with Crippen molar-refractivity contribution in [2.24, 2.45) is 5.92 Å². The van der Waals surface area contributed by atoms with E-state index in [-0.39, 0.29) is 23.7 Å². The summed E-state index contributed by atoms with van der Waals surface area (Å²) < 4.78 is 29.0. The van der Waals surface area contributed by atoms with Gasteiger partial charge in [0.05, 0.1) is 51.9 Å². The number of esters is 1. The van der Waals surface area contributed by atoms with Crippen LogP contribution in [0.2, 0.25) is 24.7 Å². The number of carbonyl (C=O) groups is 1. The number of rotatable bonds is 12.